The first-order valence-corrected chi connectivity index (χ1v) is 6.25. The Balaban J connectivity index is 2.13. The molecular formula is C15H17N3O2. The van der Waals surface area contributed by atoms with Crippen LogP contribution in [0.2, 0.25) is 0 Å². The van der Waals surface area contributed by atoms with Gasteiger partial charge in [0, 0.05) is 5.69 Å². The maximum Gasteiger partial charge on any atom is 0.274 e. The van der Waals surface area contributed by atoms with Gasteiger partial charge in [-0.25, -0.2) is 5.43 Å². The van der Waals surface area contributed by atoms with Crippen LogP contribution < -0.4 is 11.2 Å². The van der Waals surface area contributed by atoms with Crippen molar-refractivity contribution in [3.8, 4) is 0 Å². The highest BCUT2D eigenvalue weighted by molar-refractivity contribution is 6.01. The molecule has 1 amide bonds. The molecule has 5 heteroatoms. The van der Waals surface area contributed by atoms with Gasteiger partial charge in [-0.15, -0.1) is 0 Å². The standard InChI is InChI=1S/C15H17N3O2/c1-9-7-14(11(3)20-9)15(19)18-17-10(2)12-5-4-6-13(16)8-12/h4-8H,16H2,1-3H3,(H,18,19)/b17-10-. The third-order valence-electron chi connectivity index (χ3n) is 2.92. The number of nitrogen functional groups attached to an aromatic ring is 1. The minimum Gasteiger partial charge on any atom is -0.466 e. The quantitative estimate of drug-likeness (QED) is 0.511. The van der Waals surface area contributed by atoms with E-state index in [1.54, 1.807) is 32.0 Å². The van der Waals surface area contributed by atoms with Gasteiger partial charge in [-0.3, -0.25) is 4.79 Å². The molecule has 0 radical (unpaired) electrons. The summed E-state index contributed by atoms with van der Waals surface area (Å²) in [7, 11) is 0. The summed E-state index contributed by atoms with van der Waals surface area (Å²) in [5, 5.41) is 4.08. The van der Waals surface area contributed by atoms with Gasteiger partial charge in [0.25, 0.3) is 5.91 Å². The molecular weight excluding hydrogens is 254 g/mol. The van der Waals surface area contributed by atoms with Crippen molar-refractivity contribution in [3.63, 3.8) is 0 Å². The number of hydrogen-bond donors (Lipinski definition) is 2. The molecule has 0 aliphatic heterocycles. The highest BCUT2D eigenvalue weighted by Crippen LogP contribution is 2.13. The van der Waals surface area contributed by atoms with E-state index < -0.39 is 0 Å². The highest BCUT2D eigenvalue weighted by Gasteiger charge is 2.12. The van der Waals surface area contributed by atoms with Gasteiger partial charge in [0.1, 0.15) is 11.5 Å². The number of furan rings is 1. The molecule has 2 rings (SSSR count). The van der Waals surface area contributed by atoms with Gasteiger partial charge in [0.05, 0.1) is 11.3 Å². The molecule has 2 aromatic rings. The monoisotopic (exact) mass is 271 g/mol. The summed E-state index contributed by atoms with van der Waals surface area (Å²) in [5.74, 6) is 0.989. The van der Waals surface area contributed by atoms with Crippen LogP contribution in [0, 0.1) is 13.8 Å². The molecule has 0 aliphatic rings. The van der Waals surface area contributed by atoms with E-state index in [1.165, 1.54) is 0 Å². The predicted molar refractivity (Wildman–Crippen MR) is 78.7 cm³/mol. The maximum absolute atomic E-state index is 12.0. The molecule has 0 bridgehead atoms. The van der Waals surface area contributed by atoms with Crippen molar-refractivity contribution < 1.29 is 9.21 Å². The lowest BCUT2D eigenvalue weighted by atomic mass is 10.1. The number of carbonyl (C=O) groups excluding carboxylic acids is 1. The Kier molecular flexibility index (Phi) is 3.89. The first kappa shape index (κ1) is 13.9. The van der Waals surface area contributed by atoms with Gasteiger partial charge >= 0.3 is 0 Å². The minimum atomic E-state index is -0.289. The third kappa shape index (κ3) is 3.06. The van der Waals surface area contributed by atoms with Crippen molar-refractivity contribution >= 4 is 17.3 Å². The summed E-state index contributed by atoms with van der Waals surface area (Å²) in [6.45, 7) is 5.35. The Morgan fingerprint density at radius 3 is 2.65 bits per heavy atom. The zero-order chi connectivity index (χ0) is 14.7. The summed E-state index contributed by atoms with van der Waals surface area (Å²) in [4.78, 5) is 12.0. The van der Waals surface area contributed by atoms with Crippen LogP contribution in [-0.2, 0) is 0 Å². The molecule has 0 fully saturated rings. The largest absolute Gasteiger partial charge is 0.466 e. The average Bonchev–Trinajstić information content (AvgIpc) is 2.74. The second kappa shape index (κ2) is 5.61. The Hall–Kier alpha value is -2.56. The van der Waals surface area contributed by atoms with Crippen LogP contribution in [0.1, 0.15) is 34.4 Å². The third-order valence-corrected chi connectivity index (χ3v) is 2.92. The van der Waals surface area contributed by atoms with Crippen LogP contribution in [0.4, 0.5) is 5.69 Å². The van der Waals surface area contributed by atoms with E-state index in [-0.39, 0.29) is 5.91 Å². The molecule has 3 N–H and O–H groups in total. The van der Waals surface area contributed by atoms with Crippen LogP contribution in [0.5, 0.6) is 0 Å². The molecule has 20 heavy (non-hydrogen) atoms. The van der Waals surface area contributed by atoms with Crippen molar-refractivity contribution in [2.24, 2.45) is 5.10 Å². The number of rotatable bonds is 3. The van der Waals surface area contributed by atoms with Crippen molar-refractivity contribution in [1.82, 2.24) is 5.43 Å². The summed E-state index contributed by atoms with van der Waals surface area (Å²) in [6, 6.07) is 9.02. The average molecular weight is 271 g/mol. The number of anilines is 1. The SMILES string of the molecule is C/C(=N/NC(=O)c1cc(C)oc1C)c1cccc(N)c1. The molecule has 1 heterocycles. The molecule has 1 aromatic heterocycles. The van der Waals surface area contributed by atoms with Gasteiger partial charge < -0.3 is 10.2 Å². The van der Waals surface area contributed by atoms with Gasteiger partial charge in [-0.05, 0) is 44.5 Å². The molecule has 0 atom stereocenters. The summed E-state index contributed by atoms with van der Waals surface area (Å²) in [5.41, 5.74) is 10.9. The summed E-state index contributed by atoms with van der Waals surface area (Å²) < 4.78 is 5.32. The minimum absolute atomic E-state index is 0.289. The number of hydrazone groups is 1. The fraction of sp³-hybridized carbons (Fsp3) is 0.200. The van der Waals surface area contributed by atoms with Crippen LogP contribution >= 0.6 is 0 Å². The highest BCUT2D eigenvalue weighted by atomic mass is 16.3. The van der Waals surface area contributed by atoms with E-state index >= 15 is 0 Å². The number of aryl methyl sites for hydroxylation is 2. The first-order chi connectivity index (χ1) is 9.47. The molecule has 5 nitrogen and oxygen atoms in total. The Labute approximate surface area is 117 Å². The maximum atomic E-state index is 12.0. The van der Waals surface area contributed by atoms with Crippen LogP contribution in [0.25, 0.3) is 0 Å². The van der Waals surface area contributed by atoms with E-state index in [9.17, 15) is 4.79 Å². The molecule has 0 aliphatic carbocycles. The van der Waals surface area contributed by atoms with Crippen molar-refractivity contribution in [3.05, 3.63) is 53.0 Å². The second-order valence-electron chi connectivity index (χ2n) is 4.59. The van der Waals surface area contributed by atoms with Gasteiger partial charge in [0.2, 0.25) is 0 Å². The zero-order valence-electron chi connectivity index (χ0n) is 11.7. The van der Waals surface area contributed by atoms with E-state index in [1.807, 2.05) is 19.1 Å². The predicted octanol–water partition coefficient (Wildman–Crippen LogP) is 2.63. The van der Waals surface area contributed by atoms with Gasteiger partial charge in [-0.1, -0.05) is 12.1 Å². The number of nitrogens with two attached hydrogens (primary N) is 1. The number of carbonyl (C=O) groups is 1. The van der Waals surface area contributed by atoms with Crippen molar-refractivity contribution in [2.45, 2.75) is 20.8 Å². The van der Waals surface area contributed by atoms with Crippen LogP contribution in [-0.4, -0.2) is 11.6 Å². The lowest BCUT2D eigenvalue weighted by Crippen LogP contribution is -2.19. The fourth-order valence-electron chi connectivity index (χ4n) is 1.88. The smallest absolute Gasteiger partial charge is 0.274 e. The Bertz CT molecular complexity index is 672. The second-order valence-corrected chi connectivity index (χ2v) is 4.59. The molecule has 0 unspecified atom stereocenters. The van der Waals surface area contributed by atoms with E-state index in [0.29, 0.717) is 28.5 Å². The van der Waals surface area contributed by atoms with Crippen molar-refractivity contribution in [2.75, 3.05) is 5.73 Å². The molecule has 104 valence electrons. The number of benzene rings is 1. The number of nitrogens with one attached hydrogen (secondary N) is 1. The summed E-state index contributed by atoms with van der Waals surface area (Å²) >= 11 is 0. The lowest BCUT2D eigenvalue weighted by molar-refractivity contribution is 0.0953. The number of hydrogen-bond acceptors (Lipinski definition) is 4. The van der Waals surface area contributed by atoms with Crippen LogP contribution in [0.3, 0.4) is 0 Å². The van der Waals surface area contributed by atoms with Crippen LogP contribution in [0.15, 0.2) is 39.9 Å². The lowest BCUT2D eigenvalue weighted by Gasteiger charge is -2.03. The Morgan fingerprint density at radius 2 is 2.05 bits per heavy atom. The zero-order valence-corrected chi connectivity index (χ0v) is 11.7. The first-order valence-electron chi connectivity index (χ1n) is 6.25. The van der Waals surface area contributed by atoms with E-state index in [4.69, 9.17) is 10.2 Å². The fourth-order valence-corrected chi connectivity index (χ4v) is 1.88. The van der Waals surface area contributed by atoms with Crippen molar-refractivity contribution in [1.29, 1.82) is 0 Å². The molecule has 0 saturated carbocycles. The van der Waals surface area contributed by atoms with E-state index in [0.717, 1.165) is 5.56 Å². The Morgan fingerprint density at radius 1 is 1.30 bits per heavy atom. The number of nitrogens with zero attached hydrogens (tertiary/aromatic N) is 1. The van der Waals surface area contributed by atoms with E-state index in [2.05, 4.69) is 10.5 Å². The van der Waals surface area contributed by atoms with Gasteiger partial charge in [-0.2, -0.15) is 5.10 Å². The molecule has 0 spiro atoms. The number of amides is 1. The molecule has 0 saturated heterocycles. The van der Waals surface area contributed by atoms with Gasteiger partial charge in [0.15, 0.2) is 0 Å². The normalized spacial score (nSPS) is 11.4. The summed E-state index contributed by atoms with van der Waals surface area (Å²) in [6.07, 6.45) is 0. The topological polar surface area (TPSA) is 80.6 Å². The molecule has 1 aromatic carbocycles.